The summed E-state index contributed by atoms with van der Waals surface area (Å²) in [6.07, 6.45) is 3.93. The van der Waals surface area contributed by atoms with Crippen LogP contribution >= 0.6 is 0 Å². The van der Waals surface area contributed by atoms with Crippen LogP contribution in [-0.4, -0.2) is 15.8 Å². The maximum absolute atomic E-state index is 8.90. The lowest BCUT2D eigenvalue weighted by Gasteiger charge is -2.22. The van der Waals surface area contributed by atoms with E-state index in [4.69, 9.17) is 5.26 Å². The molecule has 2 aromatic rings. The van der Waals surface area contributed by atoms with Gasteiger partial charge in [-0.2, -0.15) is 10.4 Å². The topological polar surface area (TPSA) is 53.6 Å². The van der Waals surface area contributed by atoms with Crippen LogP contribution in [0, 0.1) is 18.3 Å². The van der Waals surface area contributed by atoms with Crippen molar-refractivity contribution in [2.45, 2.75) is 39.4 Å². The molecule has 104 valence electrons. The first kappa shape index (κ1) is 14.3. The minimum Gasteiger partial charge on any atom is -0.308 e. The van der Waals surface area contributed by atoms with Gasteiger partial charge in [-0.05, 0) is 44.0 Å². The Bertz CT molecular complexity index is 609. The molecule has 2 atom stereocenters. The van der Waals surface area contributed by atoms with E-state index in [1.165, 1.54) is 5.56 Å². The second kappa shape index (κ2) is 6.36. The van der Waals surface area contributed by atoms with Crippen molar-refractivity contribution in [1.29, 1.82) is 5.26 Å². The first-order chi connectivity index (χ1) is 9.60. The van der Waals surface area contributed by atoms with Crippen LogP contribution in [0.1, 0.15) is 36.6 Å². The zero-order valence-electron chi connectivity index (χ0n) is 12.2. The highest BCUT2D eigenvalue weighted by molar-refractivity contribution is 5.32. The zero-order chi connectivity index (χ0) is 14.5. The quantitative estimate of drug-likeness (QED) is 0.907. The summed E-state index contributed by atoms with van der Waals surface area (Å²) >= 11 is 0. The van der Waals surface area contributed by atoms with Gasteiger partial charge in [-0.15, -0.1) is 0 Å². The Morgan fingerprint density at radius 1 is 1.40 bits per heavy atom. The van der Waals surface area contributed by atoms with Gasteiger partial charge in [-0.1, -0.05) is 12.1 Å². The van der Waals surface area contributed by atoms with Crippen LogP contribution in [0.4, 0.5) is 0 Å². The van der Waals surface area contributed by atoms with E-state index in [0.717, 1.165) is 12.1 Å². The molecule has 1 aromatic heterocycles. The van der Waals surface area contributed by atoms with E-state index in [9.17, 15) is 0 Å². The van der Waals surface area contributed by atoms with Gasteiger partial charge in [0.25, 0.3) is 0 Å². The average Bonchev–Trinajstić information content (AvgIpc) is 2.90. The van der Waals surface area contributed by atoms with Crippen molar-refractivity contribution in [1.82, 2.24) is 15.1 Å². The standard InChI is InChI=1S/C16H20N4/c1-12-9-19-20(11-12)14(3)13(2)18-10-16-6-4-5-15(7-16)8-17/h4-7,9,11,13-14,18H,10H2,1-3H3. The van der Waals surface area contributed by atoms with E-state index in [1.54, 1.807) is 0 Å². The zero-order valence-corrected chi connectivity index (χ0v) is 12.2. The molecule has 4 heteroatoms. The molecular formula is C16H20N4. The molecule has 1 aromatic carbocycles. The molecule has 2 unspecified atom stereocenters. The normalized spacial score (nSPS) is 13.7. The van der Waals surface area contributed by atoms with Crippen molar-refractivity contribution in [2.75, 3.05) is 0 Å². The van der Waals surface area contributed by atoms with Gasteiger partial charge in [0.1, 0.15) is 0 Å². The maximum Gasteiger partial charge on any atom is 0.0991 e. The number of aryl methyl sites for hydroxylation is 1. The summed E-state index contributed by atoms with van der Waals surface area (Å²) in [6, 6.07) is 10.4. The summed E-state index contributed by atoms with van der Waals surface area (Å²) in [6.45, 7) is 7.09. The fourth-order valence-corrected chi connectivity index (χ4v) is 2.09. The second-order valence-corrected chi connectivity index (χ2v) is 5.22. The molecule has 0 amide bonds. The molecule has 1 N–H and O–H groups in total. The molecule has 20 heavy (non-hydrogen) atoms. The predicted octanol–water partition coefficient (Wildman–Crippen LogP) is 2.80. The fourth-order valence-electron chi connectivity index (χ4n) is 2.09. The minimum absolute atomic E-state index is 0.280. The van der Waals surface area contributed by atoms with Crippen molar-refractivity contribution in [3.63, 3.8) is 0 Å². The monoisotopic (exact) mass is 268 g/mol. The molecule has 0 saturated heterocycles. The Morgan fingerprint density at radius 3 is 2.85 bits per heavy atom. The first-order valence-electron chi connectivity index (χ1n) is 6.83. The Hall–Kier alpha value is -2.12. The van der Waals surface area contributed by atoms with Gasteiger partial charge in [0, 0.05) is 18.8 Å². The van der Waals surface area contributed by atoms with E-state index in [2.05, 4.69) is 36.5 Å². The molecule has 0 fully saturated rings. The third kappa shape index (κ3) is 3.46. The summed E-state index contributed by atoms with van der Waals surface area (Å²) in [5.74, 6) is 0. The lowest BCUT2D eigenvalue weighted by molar-refractivity contribution is 0.365. The fraction of sp³-hybridized carbons (Fsp3) is 0.375. The highest BCUT2D eigenvalue weighted by Crippen LogP contribution is 2.12. The summed E-state index contributed by atoms with van der Waals surface area (Å²) in [4.78, 5) is 0. The highest BCUT2D eigenvalue weighted by atomic mass is 15.3. The molecule has 0 aliphatic carbocycles. The Labute approximate surface area is 120 Å². The summed E-state index contributed by atoms with van der Waals surface area (Å²) < 4.78 is 1.98. The molecule has 0 spiro atoms. The number of hydrogen-bond acceptors (Lipinski definition) is 3. The van der Waals surface area contributed by atoms with E-state index in [0.29, 0.717) is 11.6 Å². The highest BCUT2D eigenvalue weighted by Gasteiger charge is 2.14. The maximum atomic E-state index is 8.90. The van der Waals surface area contributed by atoms with Gasteiger partial charge in [0.05, 0.1) is 23.9 Å². The minimum atomic E-state index is 0.280. The van der Waals surface area contributed by atoms with Crippen LogP contribution in [0.2, 0.25) is 0 Å². The van der Waals surface area contributed by atoms with Gasteiger partial charge in [-0.25, -0.2) is 0 Å². The summed E-state index contributed by atoms with van der Waals surface area (Å²) in [5, 5.41) is 16.7. The van der Waals surface area contributed by atoms with Crippen LogP contribution in [0.3, 0.4) is 0 Å². The van der Waals surface area contributed by atoms with E-state index < -0.39 is 0 Å². The third-order valence-electron chi connectivity index (χ3n) is 3.56. The van der Waals surface area contributed by atoms with Crippen LogP contribution < -0.4 is 5.32 Å². The summed E-state index contributed by atoms with van der Waals surface area (Å²) in [5.41, 5.74) is 3.00. The van der Waals surface area contributed by atoms with Crippen molar-refractivity contribution in [3.05, 3.63) is 53.3 Å². The van der Waals surface area contributed by atoms with Crippen LogP contribution in [0.5, 0.6) is 0 Å². The van der Waals surface area contributed by atoms with Crippen molar-refractivity contribution < 1.29 is 0 Å². The predicted molar refractivity (Wildman–Crippen MR) is 79.1 cm³/mol. The molecule has 1 heterocycles. The molecular weight excluding hydrogens is 248 g/mol. The molecule has 2 rings (SSSR count). The van der Waals surface area contributed by atoms with Crippen LogP contribution in [0.15, 0.2) is 36.7 Å². The third-order valence-corrected chi connectivity index (χ3v) is 3.56. The Morgan fingerprint density at radius 2 is 2.20 bits per heavy atom. The Balaban J connectivity index is 1.94. The Kier molecular flexibility index (Phi) is 4.54. The lowest BCUT2D eigenvalue weighted by atomic mass is 10.1. The van der Waals surface area contributed by atoms with Gasteiger partial charge in [0.15, 0.2) is 0 Å². The van der Waals surface area contributed by atoms with Crippen molar-refractivity contribution >= 4 is 0 Å². The molecule has 0 aliphatic heterocycles. The van der Waals surface area contributed by atoms with Crippen LogP contribution in [0.25, 0.3) is 0 Å². The molecule has 4 nitrogen and oxygen atoms in total. The number of hydrogen-bond donors (Lipinski definition) is 1. The van der Waals surface area contributed by atoms with Crippen molar-refractivity contribution in [3.8, 4) is 6.07 Å². The lowest BCUT2D eigenvalue weighted by Crippen LogP contribution is -2.33. The van der Waals surface area contributed by atoms with E-state index >= 15 is 0 Å². The van der Waals surface area contributed by atoms with E-state index in [1.807, 2.05) is 42.1 Å². The number of nitriles is 1. The van der Waals surface area contributed by atoms with Gasteiger partial charge in [-0.3, -0.25) is 4.68 Å². The van der Waals surface area contributed by atoms with Gasteiger partial charge >= 0.3 is 0 Å². The largest absolute Gasteiger partial charge is 0.308 e. The smallest absolute Gasteiger partial charge is 0.0991 e. The average molecular weight is 268 g/mol. The number of aromatic nitrogens is 2. The first-order valence-corrected chi connectivity index (χ1v) is 6.83. The van der Waals surface area contributed by atoms with Gasteiger partial charge in [0.2, 0.25) is 0 Å². The SMILES string of the molecule is Cc1cnn(C(C)C(C)NCc2cccc(C#N)c2)c1. The number of rotatable bonds is 5. The molecule has 0 saturated carbocycles. The van der Waals surface area contributed by atoms with Crippen LogP contribution in [-0.2, 0) is 6.54 Å². The van der Waals surface area contributed by atoms with Crippen molar-refractivity contribution in [2.24, 2.45) is 0 Å². The number of nitrogens with zero attached hydrogens (tertiary/aromatic N) is 3. The molecule has 0 bridgehead atoms. The molecule has 0 aliphatic rings. The number of nitrogens with one attached hydrogen (secondary N) is 1. The van der Waals surface area contributed by atoms with Gasteiger partial charge < -0.3 is 5.32 Å². The number of benzene rings is 1. The van der Waals surface area contributed by atoms with E-state index in [-0.39, 0.29) is 6.04 Å². The second-order valence-electron chi connectivity index (χ2n) is 5.22. The summed E-state index contributed by atoms with van der Waals surface area (Å²) in [7, 11) is 0. The molecule has 0 radical (unpaired) electrons.